The zero-order valence-electron chi connectivity index (χ0n) is 31.5. The SMILES string of the molecule is Cc1c(F)ccc2cc(O)cc(-c3c(F)c4nc(OC[C@@]56CCCN5[C@H](COc5cc(C(F)(F)F)ncn5)CC6)nc5c4c([n+]3C)CC[C@@H]3[C@@H]4CC[C@H](CN53)N4)c12. The molecule has 57 heavy (non-hydrogen) atoms. The lowest BCUT2D eigenvalue weighted by Gasteiger charge is -2.41. The Morgan fingerprint density at radius 2 is 1.88 bits per heavy atom. The number of nitrogens with zero attached hydrogens (tertiary/aromatic N) is 7. The molecule has 0 unspecified atom stereocenters. The predicted molar refractivity (Wildman–Crippen MR) is 199 cm³/mol. The molecule has 4 fully saturated rings. The van der Waals surface area contributed by atoms with Crippen molar-refractivity contribution in [3.05, 3.63) is 65.2 Å². The lowest BCUT2D eigenvalue weighted by atomic mass is 9.95. The Morgan fingerprint density at radius 1 is 1.02 bits per heavy atom. The van der Waals surface area contributed by atoms with Crippen LogP contribution in [0.15, 0.2) is 36.7 Å². The van der Waals surface area contributed by atoms with Crippen molar-refractivity contribution < 1.29 is 41.1 Å². The molecule has 298 valence electrons. The van der Waals surface area contributed by atoms with E-state index in [9.17, 15) is 18.3 Å². The number of phenolic OH excluding ortho intramolecular Hbond substituents is 1. The van der Waals surface area contributed by atoms with E-state index in [4.69, 9.17) is 19.4 Å². The number of aromatic hydroxyl groups is 1. The van der Waals surface area contributed by atoms with Crippen molar-refractivity contribution in [3.63, 3.8) is 0 Å². The summed E-state index contributed by atoms with van der Waals surface area (Å²) < 4.78 is 86.7. The van der Waals surface area contributed by atoms with Gasteiger partial charge in [0.05, 0.1) is 11.1 Å². The van der Waals surface area contributed by atoms with Crippen LogP contribution in [0.1, 0.15) is 61.9 Å². The van der Waals surface area contributed by atoms with E-state index in [1.54, 1.807) is 19.1 Å². The number of pyridine rings is 1. The highest BCUT2D eigenvalue weighted by Crippen LogP contribution is 2.45. The summed E-state index contributed by atoms with van der Waals surface area (Å²) in [7, 11) is 1.81. The quantitative estimate of drug-likeness (QED) is 0.149. The lowest BCUT2D eigenvalue weighted by Crippen LogP contribution is -2.58. The highest BCUT2D eigenvalue weighted by atomic mass is 19.4. The monoisotopic (exact) mass is 789 g/mol. The molecule has 10 rings (SSSR count). The lowest BCUT2D eigenvalue weighted by molar-refractivity contribution is -0.667. The zero-order valence-corrected chi connectivity index (χ0v) is 31.5. The Balaban J connectivity index is 1.03. The fraction of sp³-hybridized carbons (Fsp3) is 0.488. The third kappa shape index (κ3) is 5.92. The maximum atomic E-state index is 17.6. The van der Waals surface area contributed by atoms with E-state index in [-0.39, 0.29) is 71.8 Å². The van der Waals surface area contributed by atoms with Gasteiger partial charge in [-0.05, 0) is 87.6 Å². The maximum Gasteiger partial charge on any atom is 0.433 e. The maximum absolute atomic E-state index is 17.6. The molecule has 5 aromatic rings. The average Bonchev–Trinajstić information content (AvgIpc) is 3.85. The van der Waals surface area contributed by atoms with Gasteiger partial charge in [0.2, 0.25) is 11.7 Å². The van der Waals surface area contributed by atoms with E-state index in [1.165, 1.54) is 12.1 Å². The first-order valence-corrected chi connectivity index (χ1v) is 19.7. The van der Waals surface area contributed by atoms with Crippen LogP contribution in [0.25, 0.3) is 32.9 Å². The Kier molecular flexibility index (Phi) is 8.49. The number of aryl methyl sites for hydroxylation is 2. The van der Waals surface area contributed by atoms with Gasteiger partial charge >= 0.3 is 12.2 Å². The van der Waals surface area contributed by atoms with E-state index in [1.807, 2.05) is 11.6 Å². The zero-order chi connectivity index (χ0) is 39.4. The second-order valence-electron chi connectivity index (χ2n) is 16.3. The van der Waals surface area contributed by atoms with Crippen LogP contribution in [-0.4, -0.2) is 86.0 Å². The summed E-state index contributed by atoms with van der Waals surface area (Å²) in [5.74, 6) is -0.607. The number of hydrogen-bond donors (Lipinski definition) is 2. The van der Waals surface area contributed by atoms with E-state index in [0.717, 1.165) is 69.6 Å². The number of hydrogen-bond acceptors (Lipinski definition) is 10. The van der Waals surface area contributed by atoms with Gasteiger partial charge in [0.15, 0.2) is 17.2 Å². The van der Waals surface area contributed by atoms with Crippen LogP contribution in [0.2, 0.25) is 0 Å². The van der Waals surface area contributed by atoms with Crippen LogP contribution in [0.4, 0.5) is 27.8 Å². The Bertz CT molecular complexity index is 2450. The van der Waals surface area contributed by atoms with Gasteiger partial charge in [-0.25, -0.2) is 14.4 Å². The number of halogens is 5. The topological polar surface area (TPSA) is 113 Å². The number of piperazine rings is 1. The predicted octanol–water partition coefficient (Wildman–Crippen LogP) is 6.09. The normalized spacial score (nSPS) is 25.6. The van der Waals surface area contributed by atoms with Crippen molar-refractivity contribution in [2.75, 3.05) is 31.2 Å². The van der Waals surface area contributed by atoms with Crippen molar-refractivity contribution in [2.45, 2.75) is 94.2 Å². The Labute approximate surface area is 324 Å². The second-order valence-corrected chi connectivity index (χ2v) is 16.3. The molecule has 4 saturated heterocycles. The van der Waals surface area contributed by atoms with Crippen LogP contribution < -0.4 is 24.3 Å². The second kappa shape index (κ2) is 13.3. The van der Waals surface area contributed by atoms with Gasteiger partial charge < -0.3 is 24.8 Å². The minimum atomic E-state index is -4.61. The molecule has 2 aromatic carbocycles. The number of nitrogens with one attached hydrogen (secondary N) is 1. The van der Waals surface area contributed by atoms with Crippen molar-refractivity contribution >= 4 is 27.5 Å². The molecule has 8 heterocycles. The number of benzene rings is 2. The number of rotatable bonds is 7. The fourth-order valence-corrected chi connectivity index (χ4v) is 10.6. The molecule has 0 spiro atoms. The van der Waals surface area contributed by atoms with Gasteiger partial charge in [-0.2, -0.15) is 32.1 Å². The number of alkyl halides is 3. The molecule has 2 N–H and O–H groups in total. The molecule has 0 saturated carbocycles. The van der Waals surface area contributed by atoms with E-state index >= 15 is 8.78 Å². The number of fused-ring (bicyclic) bond motifs is 7. The van der Waals surface area contributed by atoms with Crippen molar-refractivity contribution in [3.8, 4) is 28.9 Å². The summed E-state index contributed by atoms with van der Waals surface area (Å²) in [6, 6.07) is 7.43. The first kappa shape index (κ1) is 36.4. The van der Waals surface area contributed by atoms with Gasteiger partial charge in [0.25, 0.3) is 5.69 Å². The summed E-state index contributed by atoms with van der Waals surface area (Å²) in [4.78, 5) is 21.8. The van der Waals surface area contributed by atoms with Gasteiger partial charge in [-0.1, -0.05) is 6.07 Å². The first-order chi connectivity index (χ1) is 27.4. The highest BCUT2D eigenvalue weighted by Gasteiger charge is 2.51. The summed E-state index contributed by atoms with van der Waals surface area (Å²) >= 11 is 0. The van der Waals surface area contributed by atoms with Gasteiger partial charge in [0, 0.05) is 48.6 Å². The molecule has 3 aromatic heterocycles. The molecule has 16 heteroatoms. The number of aromatic nitrogens is 5. The first-order valence-electron chi connectivity index (χ1n) is 19.7. The van der Waals surface area contributed by atoms with Gasteiger partial charge in [-0.15, -0.1) is 0 Å². The minimum absolute atomic E-state index is 0.0539. The third-order valence-corrected chi connectivity index (χ3v) is 13.2. The molecule has 2 bridgehead atoms. The molecule has 0 amide bonds. The smallest absolute Gasteiger partial charge is 0.433 e. The molecule has 11 nitrogen and oxygen atoms in total. The van der Waals surface area contributed by atoms with E-state index in [0.29, 0.717) is 46.1 Å². The largest absolute Gasteiger partial charge is 0.508 e. The van der Waals surface area contributed by atoms with Crippen LogP contribution in [0, 0.1) is 18.6 Å². The van der Waals surface area contributed by atoms with Crippen LogP contribution in [-0.2, 0) is 19.6 Å². The summed E-state index contributed by atoms with van der Waals surface area (Å²) in [6.07, 6.45) is 3.00. The fourth-order valence-electron chi connectivity index (χ4n) is 10.6. The molecule has 0 radical (unpaired) electrons. The van der Waals surface area contributed by atoms with Gasteiger partial charge in [0.1, 0.15) is 49.1 Å². The summed E-state index contributed by atoms with van der Waals surface area (Å²) in [5, 5.41) is 16.4. The Morgan fingerprint density at radius 3 is 2.72 bits per heavy atom. The third-order valence-electron chi connectivity index (χ3n) is 13.2. The number of anilines is 1. The minimum Gasteiger partial charge on any atom is -0.508 e. The van der Waals surface area contributed by atoms with Crippen LogP contribution >= 0.6 is 0 Å². The molecule has 0 aliphatic carbocycles. The van der Waals surface area contributed by atoms with Crippen LogP contribution in [0.5, 0.6) is 17.6 Å². The van der Waals surface area contributed by atoms with E-state index in [2.05, 4.69) is 25.1 Å². The molecular formula is C41H42F5N8O3+. The molecule has 5 aliphatic rings. The van der Waals surface area contributed by atoms with Gasteiger partial charge in [-0.3, -0.25) is 4.90 Å². The van der Waals surface area contributed by atoms with Crippen molar-refractivity contribution in [1.29, 1.82) is 0 Å². The van der Waals surface area contributed by atoms with Crippen LogP contribution in [0.3, 0.4) is 0 Å². The average molecular weight is 790 g/mol. The number of phenols is 1. The molecule has 5 aliphatic heterocycles. The summed E-state index contributed by atoms with van der Waals surface area (Å²) in [5.41, 5.74) is 0.412. The molecule has 5 atom stereocenters. The standard InChI is InChI=1S/C41H41F5N8O3/c1-21-27(42)6-4-22-14-25(55)15-26(33(21)22)37-35(43)36-34-30(52(37)2)9-8-29-28-7-5-23(49-28)17-53(29)38(34)51-39(50-36)57-19-40-11-3-13-54(40)24(10-12-40)18-56-32-16-31(41(44,45)46)47-20-48-32/h4,6,14-16,20,23-24,28-29,49H,3,5,7-13,17-19H2,1-2H3/p+1/t23-,24+,28+,29-,40+/m1/s1. The molecular weight excluding hydrogens is 747 g/mol. The van der Waals surface area contributed by atoms with E-state index < -0.39 is 23.5 Å². The van der Waals surface area contributed by atoms with Crippen molar-refractivity contribution in [2.24, 2.45) is 7.05 Å². The van der Waals surface area contributed by atoms with Crippen molar-refractivity contribution in [1.82, 2.24) is 30.2 Å². The summed E-state index contributed by atoms with van der Waals surface area (Å²) in [6.45, 7) is 3.52. The highest BCUT2D eigenvalue weighted by molar-refractivity contribution is 6.01. The number of ether oxygens (including phenoxy) is 2. The Hall–Kier alpha value is -4.96.